The van der Waals surface area contributed by atoms with Gasteiger partial charge < -0.3 is 19.1 Å². The Morgan fingerprint density at radius 3 is 2.32 bits per heavy atom. The molecule has 0 radical (unpaired) electrons. The maximum Gasteiger partial charge on any atom is 0.335 e. The van der Waals surface area contributed by atoms with Gasteiger partial charge in [0.25, 0.3) is 5.91 Å². The summed E-state index contributed by atoms with van der Waals surface area (Å²) in [5, 5.41) is 13.2. The van der Waals surface area contributed by atoms with Gasteiger partial charge in [-0.15, -0.1) is 0 Å². The molecule has 0 aliphatic carbocycles. The van der Waals surface area contributed by atoms with Crippen LogP contribution in [0.15, 0.2) is 84.0 Å². The normalized spacial score (nSPS) is 10.9. The Bertz CT molecular complexity index is 1440. The Balaban J connectivity index is 1.37. The summed E-state index contributed by atoms with van der Waals surface area (Å²) in [5.74, 6) is -0.331. The predicted octanol–water partition coefficient (Wildman–Crippen LogP) is 5.14. The molecule has 188 valence electrons. The van der Waals surface area contributed by atoms with E-state index in [1.54, 1.807) is 48.5 Å². The van der Waals surface area contributed by atoms with Crippen molar-refractivity contribution in [3.63, 3.8) is 0 Å². The number of aryl methyl sites for hydroxylation is 2. The third-order valence-electron chi connectivity index (χ3n) is 5.79. The van der Waals surface area contributed by atoms with Crippen LogP contribution in [0.5, 0.6) is 11.5 Å². The van der Waals surface area contributed by atoms with E-state index >= 15 is 0 Å². The molecule has 4 aromatic rings. The molecule has 0 saturated heterocycles. The van der Waals surface area contributed by atoms with Crippen LogP contribution >= 0.6 is 0 Å². The third kappa shape index (κ3) is 6.05. The minimum atomic E-state index is -0.991. The van der Waals surface area contributed by atoms with Crippen LogP contribution in [0.3, 0.4) is 0 Å². The lowest BCUT2D eigenvalue weighted by atomic mass is 10.1. The molecule has 0 spiro atoms. The summed E-state index contributed by atoms with van der Waals surface area (Å²) in [4.78, 5) is 23.7. The number of carbonyl (C=O) groups excluding carboxylic acids is 1. The van der Waals surface area contributed by atoms with E-state index in [-0.39, 0.29) is 18.1 Å². The smallest absolute Gasteiger partial charge is 0.335 e. The molecule has 0 atom stereocenters. The molecule has 0 unspecified atom stereocenters. The molecule has 8 heteroatoms. The Labute approximate surface area is 214 Å². The number of carbonyl (C=O) groups is 2. The minimum absolute atomic E-state index is 0.184. The first-order valence-corrected chi connectivity index (χ1v) is 11.6. The van der Waals surface area contributed by atoms with Gasteiger partial charge in [-0.2, -0.15) is 5.10 Å². The minimum Gasteiger partial charge on any atom is -0.493 e. The van der Waals surface area contributed by atoms with Gasteiger partial charge in [0, 0.05) is 22.6 Å². The van der Waals surface area contributed by atoms with E-state index in [2.05, 4.69) is 27.2 Å². The maximum absolute atomic E-state index is 12.5. The van der Waals surface area contributed by atoms with Crippen molar-refractivity contribution in [2.45, 2.75) is 20.5 Å². The Hall–Kier alpha value is -4.85. The number of nitrogens with one attached hydrogen (secondary N) is 1. The van der Waals surface area contributed by atoms with Crippen LogP contribution < -0.4 is 14.9 Å². The first-order valence-electron chi connectivity index (χ1n) is 11.6. The maximum atomic E-state index is 12.5. The van der Waals surface area contributed by atoms with Crippen molar-refractivity contribution in [3.05, 3.63) is 113 Å². The van der Waals surface area contributed by atoms with Crippen LogP contribution in [0.2, 0.25) is 0 Å². The van der Waals surface area contributed by atoms with Gasteiger partial charge in [0.2, 0.25) is 0 Å². The van der Waals surface area contributed by atoms with E-state index in [1.165, 1.54) is 19.4 Å². The number of aromatic carboxylic acids is 1. The third-order valence-corrected chi connectivity index (χ3v) is 5.79. The molecule has 1 amide bonds. The zero-order valence-corrected chi connectivity index (χ0v) is 20.8. The van der Waals surface area contributed by atoms with Gasteiger partial charge in [0.05, 0.1) is 18.9 Å². The van der Waals surface area contributed by atoms with Crippen molar-refractivity contribution < 1.29 is 24.2 Å². The zero-order chi connectivity index (χ0) is 26.4. The molecule has 2 N–H and O–H groups in total. The van der Waals surface area contributed by atoms with Crippen molar-refractivity contribution in [2.24, 2.45) is 5.10 Å². The van der Waals surface area contributed by atoms with Gasteiger partial charge in [-0.1, -0.05) is 12.1 Å². The molecular formula is C29H27N3O5. The molecule has 0 aliphatic rings. The molecule has 8 nitrogen and oxygen atoms in total. The molecule has 0 saturated carbocycles. The van der Waals surface area contributed by atoms with Gasteiger partial charge >= 0.3 is 5.97 Å². The van der Waals surface area contributed by atoms with E-state index in [1.807, 2.05) is 26.0 Å². The van der Waals surface area contributed by atoms with Gasteiger partial charge in [0.15, 0.2) is 11.5 Å². The van der Waals surface area contributed by atoms with Crippen LogP contribution in [0.25, 0.3) is 5.69 Å². The summed E-state index contributed by atoms with van der Waals surface area (Å²) in [5.41, 5.74) is 7.90. The summed E-state index contributed by atoms with van der Waals surface area (Å²) in [6, 6.07) is 23.2. The number of benzene rings is 3. The van der Waals surface area contributed by atoms with Gasteiger partial charge in [0.1, 0.15) is 6.61 Å². The van der Waals surface area contributed by atoms with Gasteiger partial charge in [-0.25, -0.2) is 10.2 Å². The fourth-order valence-corrected chi connectivity index (χ4v) is 3.91. The highest BCUT2D eigenvalue weighted by Gasteiger charge is 2.09. The predicted molar refractivity (Wildman–Crippen MR) is 141 cm³/mol. The molecule has 0 bridgehead atoms. The summed E-state index contributed by atoms with van der Waals surface area (Å²) < 4.78 is 13.4. The standard InChI is InChI=1S/C29H27N3O5/c1-19-7-8-20(2)32(19)25-12-10-23(11-13-25)28(33)31-30-17-21-9-14-26(27(16-21)36-3)37-18-22-5-4-6-24(15-22)29(34)35/h4-17H,18H2,1-3H3,(H,31,33)(H,34,35)/b30-17-. The molecule has 1 aromatic heterocycles. The van der Waals surface area contributed by atoms with E-state index in [9.17, 15) is 9.59 Å². The number of hydrogen-bond acceptors (Lipinski definition) is 5. The van der Waals surface area contributed by atoms with Gasteiger partial charge in [-0.3, -0.25) is 4.79 Å². The van der Waals surface area contributed by atoms with Crippen molar-refractivity contribution in [3.8, 4) is 17.2 Å². The Morgan fingerprint density at radius 1 is 0.919 bits per heavy atom. The van der Waals surface area contributed by atoms with Crippen LogP contribution in [-0.2, 0) is 6.61 Å². The van der Waals surface area contributed by atoms with Crippen molar-refractivity contribution in [2.75, 3.05) is 7.11 Å². The van der Waals surface area contributed by atoms with E-state index < -0.39 is 5.97 Å². The fourth-order valence-electron chi connectivity index (χ4n) is 3.91. The lowest BCUT2D eigenvalue weighted by Gasteiger charge is -2.11. The van der Waals surface area contributed by atoms with Crippen molar-refractivity contribution in [1.82, 2.24) is 9.99 Å². The van der Waals surface area contributed by atoms with Crippen LogP contribution in [0.4, 0.5) is 0 Å². The highest BCUT2D eigenvalue weighted by atomic mass is 16.5. The van der Waals surface area contributed by atoms with Crippen molar-refractivity contribution >= 4 is 18.1 Å². The number of hydrogen-bond donors (Lipinski definition) is 2. The number of ether oxygens (including phenoxy) is 2. The number of hydrazone groups is 1. The fraction of sp³-hybridized carbons (Fsp3) is 0.138. The quantitative estimate of drug-likeness (QED) is 0.246. The number of aromatic nitrogens is 1. The second-order valence-corrected chi connectivity index (χ2v) is 8.40. The monoisotopic (exact) mass is 497 g/mol. The summed E-state index contributed by atoms with van der Waals surface area (Å²) >= 11 is 0. The molecule has 4 rings (SSSR count). The first-order chi connectivity index (χ1) is 17.9. The number of carboxylic acids is 1. The van der Waals surface area contributed by atoms with Crippen molar-refractivity contribution in [1.29, 1.82) is 0 Å². The number of carboxylic acid groups (broad SMARTS) is 1. The lowest BCUT2D eigenvalue weighted by molar-refractivity contribution is 0.0696. The molecule has 37 heavy (non-hydrogen) atoms. The largest absolute Gasteiger partial charge is 0.493 e. The molecule has 1 heterocycles. The van der Waals surface area contributed by atoms with E-state index in [0.717, 1.165) is 22.6 Å². The van der Waals surface area contributed by atoms with Crippen LogP contribution in [-0.4, -0.2) is 34.9 Å². The average molecular weight is 498 g/mol. The summed E-state index contributed by atoms with van der Waals surface area (Å²) in [6.45, 7) is 4.26. The highest BCUT2D eigenvalue weighted by Crippen LogP contribution is 2.28. The van der Waals surface area contributed by atoms with E-state index in [0.29, 0.717) is 22.6 Å². The molecule has 0 fully saturated rings. The lowest BCUT2D eigenvalue weighted by Crippen LogP contribution is -2.17. The first kappa shape index (κ1) is 25.2. The molecule has 0 aliphatic heterocycles. The number of rotatable bonds is 9. The SMILES string of the molecule is COc1cc(/C=N\NC(=O)c2ccc(-n3c(C)ccc3C)cc2)ccc1OCc1cccc(C(=O)O)c1. The summed E-state index contributed by atoms with van der Waals surface area (Å²) in [7, 11) is 1.52. The Kier molecular flexibility index (Phi) is 7.68. The second kappa shape index (κ2) is 11.3. The number of methoxy groups -OCH3 is 1. The van der Waals surface area contributed by atoms with E-state index in [4.69, 9.17) is 14.6 Å². The topological polar surface area (TPSA) is 102 Å². The highest BCUT2D eigenvalue weighted by molar-refractivity contribution is 5.95. The van der Waals surface area contributed by atoms with Gasteiger partial charge in [-0.05, 0) is 91.7 Å². The zero-order valence-electron chi connectivity index (χ0n) is 20.8. The Morgan fingerprint density at radius 2 is 1.65 bits per heavy atom. The number of nitrogens with zero attached hydrogens (tertiary/aromatic N) is 2. The molecular weight excluding hydrogens is 470 g/mol. The van der Waals surface area contributed by atoms with Crippen LogP contribution in [0.1, 0.15) is 43.2 Å². The second-order valence-electron chi connectivity index (χ2n) is 8.40. The molecule has 3 aromatic carbocycles. The van der Waals surface area contributed by atoms with Crippen LogP contribution in [0, 0.1) is 13.8 Å². The average Bonchev–Trinajstić information content (AvgIpc) is 3.25. The number of amides is 1. The summed E-state index contributed by atoms with van der Waals surface area (Å²) in [6.07, 6.45) is 1.52.